The number of alkyl halides is 3. The van der Waals surface area contributed by atoms with Crippen LogP contribution in [0.1, 0.15) is 40.9 Å². The molecule has 4 aromatic rings. The van der Waals surface area contributed by atoms with Crippen LogP contribution in [0.3, 0.4) is 0 Å². The molecule has 0 radical (unpaired) electrons. The highest BCUT2D eigenvalue weighted by Crippen LogP contribution is 2.32. The molecule has 0 aliphatic heterocycles. The van der Waals surface area contributed by atoms with Gasteiger partial charge in [-0.1, -0.05) is 60.7 Å². The van der Waals surface area contributed by atoms with Crippen molar-refractivity contribution in [3.05, 3.63) is 120 Å². The summed E-state index contributed by atoms with van der Waals surface area (Å²) in [4.78, 5) is 25.6. The molecule has 0 spiro atoms. The fraction of sp³-hybridized carbons (Fsp3) is 0.212. The van der Waals surface area contributed by atoms with Gasteiger partial charge in [0, 0.05) is 30.0 Å². The minimum Gasteiger partial charge on any atom is -0.385 e. The summed E-state index contributed by atoms with van der Waals surface area (Å²) in [7, 11) is 0. The molecule has 0 aromatic heterocycles. The number of rotatable bonds is 12. The summed E-state index contributed by atoms with van der Waals surface area (Å²) >= 11 is 0. The first kappa shape index (κ1) is 30.3. The molecule has 0 saturated carbocycles. The van der Waals surface area contributed by atoms with Gasteiger partial charge in [0.1, 0.15) is 6.04 Å². The Hall–Kier alpha value is -4.63. The number of hydrogen-bond donors (Lipinski definition) is 4. The number of anilines is 2. The highest BCUT2D eigenvalue weighted by molar-refractivity contribution is 6.08. The number of likely N-dealkylation sites (N-methyl/N-ethyl adjacent to an activating group) is 1. The number of benzene rings is 4. The summed E-state index contributed by atoms with van der Waals surface area (Å²) in [6, 6.07) is 28.0. The van der Waals surface area contributed by atoms with E-state index in [9.17, 15) is 22.8 Å². The van der Waals surface area contributed by atoms with E-state index in [1.807, 2.05) is 49.4 Å². The highest BCUT2D eigenvalue weighted by Gasteiger charge is 2.30. The molecule has 9 heteroatoms. The van der Waals surface area contributed by atoms with Crippen molar-refractivity contribution < 1.29 is 22.8 Å². The Morgan fingerprint density at radius 2 is 1.40 bits per heavy atom. The van der Waals surface area contributed by atoms with Gasteiger partial charge in [-0.2, -0.15) is 13.2 Å². The second-order valence-electron chi connectivity index (χ2n) is 9.62. The minimum absolute atomic E-state index is 0.0590. The van der Waals surface area contributed by atoms with Gasteiger partial charge in [0.15, 0.2) is 0 Å². The van der Waals surface area contributed by atoms with Gasteiger partial charge in [-0.15, -0.1) is 0 Å². The van der Waals surface area contributed by atoms with Crippen LogP contribution in [0.4, 0.5) is 24.5 Å². The Bertz CT molecular complexity index is 1460. The zero-order valence-corrected chi connectivity index (χ0v) is 23.2. The molecule has 4 aromatic carbocycles. The Labute approximate surface area is 243 Å². The summed E-state index contributed by atoms with van der Waals surface area (Å²) in [5.74, 6) is -0.423. The summed E-state index contributed by atoms with van der Waals surface area (Å²) in [5, 5.41) is 12.4. The van der Waals surface area contributed by atoms with Crippen molar-refractivity contribution in [1.29, 1.82) is 0 Å². The van der Waals surface area contributed by atoms with Gasteiger partial charge in [0.05, 0.1) is 5.56 Å². The smallest absolute Gasteiger partial charge is 0.385 e. The van der Waals surface area contributed by atoms with Crippen LogP contribution in [0.2, 0.25) is 0 Å². The molecular formula is C33H33F3N4O2. The van der Waals surface area contributed by atoms with Crippen LogP contribution in [0.15, 0.2) is 103 Å². The van der Waals surface area contributed by atoms with Crippen LogP contribution in [-0.2, 0) is 11.0 Å². The van der Waals surface area contributed by atoms with E-state index in [0.29, 0.717) is 42.0 Å². The predicted molar refractivity (Wildman–Crippen MR) is 160 cm³/mol. The molecule has 0 heterocycles. The number of carbonyl (C=O) groups is 2. The van der Waals surface area contributed by atoms with Crippen LogP contribution in [0.25, 0.3) is 11.1 Å². The van der Waals surface area contributed by atoms with E-state index in [2.05, 4.69) is 21.3 Å². The second kappa shape index (κ2) is 14.3. The first-order valence-corrected chi connectivity index (χ1v) is 13.7. The monoisotopic (exact) mass is 574 g/mol. The molecule has 2 amide bonds. The average Bonchev–Trinajstić information content (AvgIpc) is 3.00. The average molecular weight is 575 g/mol. The van der Waals surface area contributed by atoms with Gasteiger partial charge in [-0.3, -0.25) is 9.59 Å². The van der Waals surface area contributed by atoms with E-state index in [0.717, 1.165) is 29.8 Å². The third-order valence-corrected chi connectivity index (χ3v) is 6.61. The van der Waals surface area contributed by atoms with E-state index in [1.54, 1.807) is 36.4 Å². The third-order valence-electron chi connectivity index (χ3n) is 6.61. The topological polar surface area (TPSA) is 82.3 Å². The second-order valence-corrected chi connectivity index (χ2v) is 9.62. The first-order chi connectivity index (χ1) is 20.3. The van der Waals surface area contributed by atoms with E-state index >= 15 is 0 Å². The molecule has 42 heavy (non-hydrogen) atoms. The molecule has 0 aliphatic carbocycles. The Balaban J connectivity index is 1.29. The van der Waals surface area contributed by atoms with E-state index in [-0.39, 0.29) is 11.8 Å². The first-order valence-electron chi connectivity index (χ1n) is 13.7. The van der Waals surface area contributed by atoms with Crippen LogP contribution < -0.4 is 21.3 Å². The van der Waals surface area contributed by atoms with E-state index in [4.69, 9.17) is 0 Å². The molecule has 4 rings (SSSR count). The van der Waals surface area contributed by atoms with Crippen molar-refractivity contribution >= 4 is 23.2 Å². The number of carbonyl (C=O) groups excluding carboxylic acids is 2. The molecule has 0 bridgehead atoms. The quantitative estimate of drug-likeness (QED) is 0.139. The van der Waals surface area contributed by atoms with E-state index in [1.165, 1.54) is 12.1 Å². The van der Waals surface area contributed by atoms with Crippen LogP contribution in [0.5, 0.6) is 0 Å². The van der Waals surface area contributed by atoms with Gasteiger partial charge in [0.2, 0.25) is 5.91 Å². The lowest BCUT2D eigenvalue weighted by Gasteiger charge is -2.18. The SMILES string of the molecule is CCNC(=O)C(NCCCNc1ccc(NC(=O)c2ccccc2-c2ccc(C(F)(F)F)cc2)cc1)c1ccccc1. The van der Waals surface area contributed by atoms with Crippen molar-refractivity contribution in [3.63, 3.8) is 0 Å². The van der Waals surface area contributed by atoms with Gasteiger partial charge < -0.3 is 21.3 Å². The predicted octanol–water partition coefficient (Wildman–Crippen LogP) is 6.89. The maximum Gasteiger partial charge on any atom is 0.416 e. The van der Waals surface area contributed by atoms with Crippen LogP contribution in [0, 0.1) is 0 Å². The van der Waals surface area contributed by atoms with Crippen molar-refractivity contribution in [2.24, 2.45) is 0 Å². The molecule has 1 atom stereocenters. The van der Waals surface area contributed by atoms with Gasteiger partial charge in [-0.25, -0.2) is 0 Å². The molecule has 0 saturated heterocycles. The number of hydrogen-bond acceptors (Lipinski definition) is 4. The van der Waals surface area contributed by atoms with E-state index < -0.39 is 17.8 Å². The molecule has 4 N–H and O–H groups in total. The summed E-state index contributed by atoms with van der Waals surface area (Å²) < 4.78 is 38.9. The Kier molecular flexibility index (Phi) is 10.3. The summed E-state index contributed by atoms with van der Waals surface area (Å²) in [5.41, 5.74) is 3.04. The molecule has 0 aliphatic rings. The largest absolute Gasteiger partial charge is 0.416 e. The highest BCUT2D eigenvalue weighted by atomic mass is 19.4. The fourth-order valence-corrected chi connectivity index (χ4v) is 4.49. The molecule has 0 fully saturated rings. The van der Waals surface area contributed by atoms with Gasteiger partial charge in [-0.05, 0) is 79.0 Å². The normalized spacial score (nSPS) is 11.9. The van der Waals surface area contributed by atoms with Crippen molar-refractivity contribution in [2.45, 2.75) is 25.6 Å². The third kappa shape index (κ3) is 8.20. The van der Waals surface area contributed by atoms with Crippen molar-refractivity contribution in [1.82, 2.24) is 10.6 Å². The lowest BCUT2D eigenvalue weighted by Crippen LogP contribution is -2.38. The maximum atomic E-state index is 13.1. The maximum absolute atomic E-state index is 13.1. The van der Waals surface area contributed by atoms with Crippen molar-refractivity contribution in [3.8, 4) is 11.1 Å². The fourth-order valence-electron chi connectivity index (χ4n) is 4.49. The standard InChI is InChI=1S/C33H33F3N4O2/c1-2-37-32(42)30(24-9-4-3-5-10-24)39-22-8-21-38-26-17-19-27(20-18-26)40-31(41)29-12-7-6-11-28(29)23-13-15-25(16-14-23)33(34,35)36/h3-7,9-20,30,38-39H,2,8,21-22H2,1H3,(H,37,42)(H,40,41). The van der Waals surface area contributed by atoms with Crippen molar-refractivity contribution in [2.75, 3.05) is 30.3 Å². The lowest BCUT2D eigenvalue weighted by molar-refractivity contribution is -0.137. The van der Waals surface area contributed by atoms with Gasteiger partial charge in [0.25, 0.3) is 5.91 Å². The van der Waals surface area contributed by atoms with Crippen LogP contribution >= 0.6 is 0 Å². The molecular weight excluding hydrogens is 541 g/mol. The zero-order valence-electron chi connectivity index (χ0n) is 23.2. The number of amides is 2. The lowest BCUT2D eigenvalue weighted by atomic mass is 9.98. The molecule has 6 nitrogen and oxygen atoms in total. The Morgan fingerprint density at radius 3 is 2.07 bits per heavy atom. The van der Waals surface area contributed by atoms with Crippen LogP contribution in [-0.4, -0.2) is 31.4 Å². The minimum atomic E-state index is -4.43. The Morgan fingerprint density at radius 1 is 0.762 bits per heavy atom. The molecule has 218 valence electrons. The summed E-state index contributed by atoms with van der Waals surface area (Å²) in [6.07, 6.45) is -3.65. The van der Waals surface area contributed by atoms with Gasteiger partial charge >= 0.3 is 6.18 Å². The number of nitrogens with one attached hydrogen (secondary N) is 4. The zero-order chi connectivity index (χ0) is 30.0. The molecule has 1 unspecified atom stereocenters. The summed E-state index contributed by atoms with van der Waals surface area (Å²) in [6.45, 7) is 3.77. The number of halogens is 3.